The third-order valence-electron chi connectivity index (χ3n) is 2.99. The number of hydrogen-bond donors (Lipinski definition) is 1. The number of hydrogen-bond acceptors (Lipinski definition) is 1. The second-order valence-corrected chi connectivity index (χ2v) is 4.91. The Morgan fingerprint density at radius 1 is 1.29 bits per heavy atom. The summed E-state index contributed by atoms with van der Waals surface area (Å²) in [6, 6.07) is 12.8. The van der Waals surface area contributed by atoms with Crippen LogP contribution in [-0.4, -0.2) is 15.5 Å². The predicted molar refractivity (Wildman–Crippen MR) is 74.7 cm³/mol. The largest absolute Gasteiger partial charge is 0.282 e. The van der Waals surface area contributed by atoms with Crippen molar-refractivity contribution in [2.45, 2.75) is 25.7 Å². The quantitative estimate of drug-likeness (QED) is 0.832. The second kappa shape index (κ2) is 6.01. The van der Waals surface area contributed by atoms with Crippen LogP contribution in [0.2, 0.25) is 0 Å². The topological polar surface area (TPSA) is 28.7 Å². The summed E-state index contributed by atoms with van der Waals surface area (Å²) in [5.74, 6) is 0.382. The molecule has 0 radical (unpaired) electrons. The van der Waals surface area contributed by atoms with Gasteiger partial charge in [0.05, 0.1) is 5.69 Å². The fourth-order valence-corrected chi connectivity index (χ4v) is 2.48. The minimum Gasteiger partial charge on any atom is -0.282 e. The fraction of sp³-hybridized carbons (Fsp3) is 0.357. The molecule has 0 amide bonds. The molecular formula is C14H17BrN2. The van der Waals surface area contributed by atoms with E-state index in [1.165, 1.54) is 11.3 Å². The smallest absolute Gasteiger partial charge is 0.0699 e. The molecular weight excluding hydrogens is 276 g/mol. The average Bonchev–Trinajstić information content (AvgIpc) is 2.85. The molecule has 90 valence electrons. The van der Waals surface area contributed by atoms with E-state index < -0.39 is 0 Å². The Hall–Kier alpha value is -1.09. The van der Waals surface area contributed by atoms with Crippen LogP contribution in [0.1, 0.15) is 36.2 Å². The number of aryl methyl sites for hydroxylation is 1. The van der Waals surface area contributed by atoms with E-state index in [1.807, 2.05) is 0 Å². The van der Waals surface area contributed by atoms with Gasteiger partial charge in [-0.25, -0.2) is 0 Å². The summed E-state index contributed by atoms with van der Waals surface area (Å²) in [4.78, 5) is 0. The van der Waals surface area contributed by atoms with E-state index in [4.69, 9.17) is 0 Å². The van der Waals surface area contributed by atoms with Crippen molar-refractivity contribution in [3.8, 4) is 0 Å². The van der Waals surface area contributed by atoms with Crippen molar-refractivity contribution >= 4 is 15.9 Å². The molecule has 0 fully saturated rings. The maximum atomic E-state index is 4.44. The summed E-state index contributed by atoms with van der Waals surface area (Å²) in [5.41, 5.74) is 3.68. The summed E-state index contributed by atoms with van der Waals surface area (Å²) in [7, 11) is 0. The van der Waals surface area contributed by atoms with Gasteiger partial charge in [-0.15, -0.1) is 0 Å². The van der Waals surface area contributed by atoms with E-state index in [9.17, 15) is 0 Å². The van der Waals surface area contributed by atoms with Crippen LogP contribution < -0.4 is 0 Å². The van der Waals surface area contributed by atoms with Gasteiger partial charge >= 0.3 is 0 Å². The molecule has 3 heteroatoms. The van der Waals surface area contributed by atoms with Gasteiger partial charge in [0, 0.05) is 16.9 Å². The van der Waals surface area contributed by atoms with Crippen LogP contribution >= 0.6 is 15.9 Å². The lowest BCUT2D eigenvalue weighted by Gasteiger charge is -2.13. The highest BCUT2D eigenvalue weighted by Gasteiger charge is 2.16. The normalized spacial score (nSPS) is 12.6. The van der Waals surface area contributed by atoms with Gasteiger partial charge in [-0.2, -0.15) is 5.10 Å². The molecule has 2 rings (SSSR count). The molecule has 1 aromatic carbocycles. The van der Waals surface area contributed by atoms with Crippen LogP contribution in [0, 0.1) is 0 Å². The van der Waals surface area contributed by atoms with Crippen molar-refractivity contribution in [1.82, 2.24) is 10.2 Å². The summed E-state index contributed by atoms with van der Waals surface area (Å²) in [5, 5.41) is 8.52. The van der Waals surface area contributed by atoms with E-state index in [2.05, 4.69) is 69.4 Å². The minimum absolute atomic E-state index is 0.382. The second-order valence-electron chi connectivity index (χ2n) is 4.11. The Labute approximate surface area is 111 Å². The number of nitrogens with zero attached hydrogens (tertiary/aromatic N) is 1. The van der Waals surface area contributed by atoms with Crippen molar-refractivity contribution in [3.63, 3.8) is 0 Å². The highest BCUT2D eigenvalue weighted by molar-refractivity contribution is 9.09. The van der Waals surface area contributed by atoms with Crippen molar-refractivity contribution < 1.29 is 0 Å². The first-order valence-corrected chi connectivity index (χ1v) is 7.12. The van der Waals surface area contributed by atoms with E-state index in [0.29, 0.717) is 5.92 Å². The Morgan fingerprint density at radius 3 is 2.65 bits per heavy atom. The monoisotopic (exact) mass is 292 g/mol. The molecule has 1 N–H and O–H groups in total. The number of rotatable bonds is 5. The van der Waals surface area contributed by atoms with Gasteiger partial charge in [-0.3, -0.25) is 5.10 Å². The van der Waals surface area contributed by atoms with Crippen LogP contribution in [0.3, 0.4) is 0 Å². The third kappa shape index (κ3) is 2.97. The molecule has 2 nitrogen and oxygen atoms in total. The molecule has 2 aromatic rings. The van der Waals surface area contributed by atoms with Crippen LogP contribution in [0.15, 0.2) is 36.4 Å². The van der Waals surface area contributed by atoms with Gasteiger partial charge in [-0.05, 0) is 24.5 Å². The molecule has 0 aliphatic heterocycles. The molecule has 1 heterocycles. The maximum Gasteiger partial charge on any atom is 0.0699 e. The van der Waals surface area contributed by atoms with E-state index in [0.717, 1.165) is 23.9 Å². The first-order chi connectivity index (χ1) is 8.35. The zero-order chi connectivity index (χ0) is 12.1. The van der Waals surface area contributed by atoms with E-state index in [1.54, 1.807) is 0 Å². The number of H-pyrrole nitrogens is 1. The van der Waals surface area contributed by atoms with Crippen molar-refractivity contribution in [1.29, 1.82) is 0 Å². The fourth-order valence-electron chi connectivity index (χ4n) is 2.02. The summed E-state index contributed by atoms with van der Waals surface area (Å²) in [6.45, 7) is 2.14. The van der Waals surface area contributed by atoms with Crippen molar-refractivity contribution in [3.05, 3.63) is 53.3 Å². The Kier molecular flexibility index (Phi) is 4.37. The molecule has 1 aromatic heterocycles. The molecule has 0 aliphatic rings. The number of halogens is 1. The van der Waals surface area contributed by atoms with Gasteiger partial charge in [0.25, 0.3) is 0 Å². The number of alkyl halides is 1. The van der Waals surface area contributed by atoms with Gasteiger partial charge < -0.3 is 0 Å². The number of nitrogens with one attached hydrogen (secondary N) is 1. The maximum absolute atomic E-state index is 4.44. The molecule has 0 aliphatic carbocycles. The molecule has 0 spiro atoms. The lowest BCUT2D eigenvalue weighted by Crippen LogP contribution is -2.02. The van der Waals surface area contributed by atoms with Gasteiger partial charge in [-0.1, -0.05) is 53.2 Å². The standard InChI is InChI=1S/C14H17BrN2/c1-2-12-10-14(17-16-12)13(8-9-15)11-6-4-3-5-7-11/h3-7,10,13H,2,8-9H2,1H3,(H,16,17). The lowest BCUT2D eigenvalue weighted by atomic mass is 9.93. The minimum atomic E-state index is 0.382. The molecule has 0 saturated heterocycles. The number of aromatic nitrogens is 2. The van der Waals surface area contributed by atoms with E-state index >= 15 is 0 Å². The van der Waals surface area contributed by atoms with Crippen LogP contribution in [0.4, 0.5) is 0 Å². The predicted octanol–water partition coefficient (Wildman–Crippen LogP) is 3.89. The Balaban J connectivity index is 2.28. The van der Waals surface area contributed by atoms with Crippen molar-refractivity contribution in [2.24, 2.45) is 0 Å². The van der Waals surface area contributed by atoms with Crippen LogP contribution in [0.5, 0.6) is 0 Å². The van der Waals surface area contributed by atoms with Crippen LogP contribution in [0.25, 0.3) is 0 Å². The zero-order valence-electron chi connectivity index (χ0n) is 9.99. The third-order valence-corrected chi connectivity index (χ3v) is 3.45. The molecule has 1 atom stereocenters. The van der Waals surface area contributed by atoms with E-state index in [-0.39, 0.29) is 0 Å². The molecule has 0 bridgehead atoms. The average molecular weight is 293 g/mol. The summed E-state index contributed by atoms with van der Waals surface area (Å²) >= 11 is 3.53. The SMILES string of the molecule is CCc1cc(C(CCBr)c2ccccc2)n[nH]1. The van der Waals surface area contributed by atoms with Gasteiger partial charge in [0.15, 0.2) is 0 Å². The van der Waals surface area contributed by atoms with Crippen molar-refractivity contribution in [2.75, 3.05) is 5.33 Å². The highest BCUT2D eigenvalue weighted by Crippen LogP contribution is 2.27. The molecule has 1 unspecified atom stereocenters. The van der Waals surface area contributed by atoms with Gasteiger partial charge in [0.1, 0.15) is 0 Å². The summed E-state index contributed by atoms with van der Waals surface area (Å²) in [6.07, 6.45) is 2.07. The Bertz CT molecular complexity index is 450. The highest BCUT2D eigenvalue weighted by atomic mass is 79.9. The Morgan fingerprint density at radius 2 is 2.06 bits per heavy atom. The summed E-state index contributed by atoms with van der Waals surface area (Å²) < 4.78 is 0. The number of benzene rings is 1. The van der Waals surface area contributed by atoms with Crippen LogP contribution in [-0.2, 0) is 6.42 Å². The lowest BCUT2D eigenvalue weighted by molar-refractivity contribution is 0.752. The zero-order valence-corrected chi connectivity index (χ0v) is 11.6. The first-order valence-electron chi connectivity index (χ1n) is 6.00. The molecule has 17 heavy (non-hydrogen) atoms. The number of aromatic amines is 1. The van der Waals surface area contributed by atoms with Gasteiger partial charge in [0.2, 0.25) is 0 Å². The first kappa shape index (κ1) is 12.4. The molecule has 0 saturated carbocycles.